The van der Waals surface area contributed by atoms with E-state index in [0.29, 0.717) is 6.42 Å². The molecular formula is C18H17NO. The van der Waals surface area contributed by atoms with Gasteiger partial charge < -0.3 is 4.98 Å². The second-order valence-electron chi connectivity index (χ2n) is 5.18. The largest absolute Gasteiger partial charge is 0.361 e. The molecule has 1 atom stereocenters. The number of ketones is 1. The van der Waals surface area contributed by atoms with Crippen molar-refractivity contribution in [3.63, 3.8) is 0 Å². The minimum absolute atomic E-state index is 0.198. The maximum Gasteiger partial charge on any atom is 0.163 e. The third-order valence-electron chi connectivity index (χ3n) is 3.74. The summed E-state index contributed by atoms with van der Waals surface area (Å²) in [5.74, 6) is 0.405. The zero-order chi connectivity index (χ0) is 13.9. The van der Waals surface area contributed by atoms with Gasteiger partial charge in [0.25, 0.3) is 0 Å². The van der Waals surface area contributed by atoms with E-state index in [0.717, 1.165) is 11.1 Å². The number of carbonyl (C=O) groups excluding carboxylic acids is 1. The molecule has 100 valence electrons. The average molecular weight is 263 g/mol. The Labute approximate surface area is 118 Å². The lowest BCUT2D eigenvalue weighted by molar-refractivity contribution is 0.0976. The van der Waals surface area contributed by atoms with Crippen molar-refractivity contribution < 1.29 is 4.79 Å². The first kappa shape index (κ1) is 12.7. The predicted octanol–water partition coefficient (Wildman–Crippen LogP) is 4.54. The molecule has 3 rings (SSSR count). The number of para-hydroxylation sites is 1. The van der Waals surface area contributed by atoms with E-state index in [-0.39, 0.29) is 11.7 Å². The molecule has 0 saturated carbocycles. The normalized spacial score (nSPS) is 12.4. The first-order chi connectivity index (χ1) is 9.75. The lowest BCUT2D eigenvalue weighted by atomic mass is 9.93. The lowest BCUT2D eigenvalue weighted by Crippen LogP contribution is -2.04. The van der Waals surface area contributed by atoms with Crippen molar-refractivity contribution in [2.75, 3.05) is 0 Å². The monoisotopic (exact) mass is 263 g/mol. The first-order valence-electron chi connectivity index (χ1n) is 6.90. The number of hydrogen-bond donors (Lipinski definition) is 1. The third kappa shape index (κ3) is 2.37. The number of Topliss-reactive ketones (excluding diaryl/α,β-unsaturated/α-hetero) is 1. The molecular weight excluding hydrogens is 246 g/mol. The maximum atomic E-state index is 12.3. The van der Waals surface area contributed by atoms with Crippen molar-refractivity contribution in [2.24, 2.45) is 0 Å². The quantitative estimate of drug-likeness (QED) is 0.688. The molecule has 3 aromatic rings. The topological polar surface area (TPSA) is 32.9 Å². The SMILES string of the molecule is C[C@@H](CC(=O)c1ccccc1)c1c[nH]c2ccccc12. The molecule has 2 aromatic carbocycles. The Morgan fingerprint density at radius 1 is 1.05 bits per heavy atom. The van der Waals surface area contributed by atoms with Gasteiger partial charge >= 0.3 is 0 Å². The zero-order valence-corrected chi connectivity index (χ0v) is 11.5. The molecule has 1 heterocycles. The van der Waals surface area contributed by atoms with E-state index >= 15 is 0 Å². The summed E-state index contributed by atoms with van der Waals surface area (Å²) in [5.41, 5.74) is 3.13. The molecule has 1 N–H and O–H groups in total. The van der Waals surface area contributed by atoms with Crippen molar-refractivity contribution in [3.05, 3.63) is 71.9 Å². The molecule has 0 amide bonds. The van der Waals surface area contributed by atoms with Crippen LogP contribution in [0.15, 0.2) is 60.8 Å². The highest BCUT2D eigenvalue weighted by Crippen LogP contribution is 2.28. The van der Waals surface area contributed by atoms with E-state index in [1.54, 1.807) is 0 Å². The second kappa shape index (κ2) is 5.33. The molecule has 0 bridgehead atoms. The van der Waals surface area contributed by atoms with Gasteiger partial charge in [0.05, 0.1) is 0 Å². The van der Waals surface area contributed by atoms with Crippen molar-refractivity contribution in [1.29, 1.82) is 0 Å². The van der Waals surface area contributed by atoms with Gasteiger partial charge in [0, 0.05) is 29.1 Å². The standard InChI is InChI=1S/C18H17NO/c1-13(11-18(20)14-7-3-2-4-8-14)16-12-19-17-10-6-5-9-15(16)17/h2-10,12-13,19H,11H2,1H3/t13-/m0/s1. The van der Waals surface area contributed by atoms with Crippen LogP contribution in [0, 0.1) is 0 Å². The number of rotatable bonds is 4. The number of carbonyl (C=O) groups is 1. The summed E-state index contributed by atoms with van der Waals surface area (Å²) in [7, 11) is 0. The Morgan fingerprint density at radius 2 is 1.75 bits per heavy atom. The first-order valence-corrected chi connectivity index (χ1v) is 6.90. The number of aromatic nitrogens is 1. The summed E-state index contributed by atoms with van der Waals surface area (Å²) in [4.78, 5) is 15.5. The Balaban J connectivity index is 1.83. The Kier molecular flexibility index (Phi) is 3.38. The Morgan fingerprint density at radius 3 is 2.55 bits per heavy atom. The number of benzene rings is 2. The molecule has 1 aromatic heterocycles. The molecule has 0 fully saturated rings. The highest BCUT2D eigenvalue weighted by atomic mass is 16.1. The number of fused-ring (bicyclic) bond motifs is 1. The van der Waals surface area contributed by atoms with Crippen LogP contribution in [0.1, 0.15) is 35.2 Å². The van der Waals surface area contributed by atoms with Crippen LogP contribution in [-0.4, -0.2) is 10.8 Å². The molecule has 0 unspecified atom stereocenters. The lowest BCUT2D eigenvalue weighted by Gasteiger charge is -2.10. The van der Waals surface area contributed by atoms with Gasteiger partial charge in [-0.15, -0.1) is 0 Å². The van der Waals surface area contributed by atoms with Gasteiger partial charge in [-0.25, -0.2) is 0 Å². The van der Waals surface area contributed by atoms with Crippen molar-refractivity contribution in [2.45, 2.75) is 19.3 Å². The van der Waals surface area contributed by atoms with Crippen molar-refractivity contribution >= 4 is 16.7 Å². The van der Waals surface area contributed by atoms with E-state index in [1.165, 1.54) is 10.9 Å². The number of nitrogens with one attached hydrogen (secondary N) is 1. The van der Waals surface area contributed by atoms with Crippen LogP contribution in [0.3, 0.4) is 0 Å². The van der Waals surface area contributed by atoms with Gasteiger partial charge in [0.15, 0.2) is 5.78 Å². The highest BCUT2D eigenvalue weighted by Gasteiger charge is 2.15. The van der Waals surface area contributed by atoms with Crippen molar-refractivity contribution in [3.8, 4) is 0 Å². The molecule has 20 heavy (non-hydrogen) atoms. The number of H-pyrrole nitrogens is 1. The Bertz CT molecular complexity index is 727. The van der Waals surface area contributed by atoms with Crippen LogP contribution in [0.2, 0.25) is 0 Å². The van der Waals surface area contributed by atoms with Gasteiger partial charge in [-0.05, 0) is 17.5 Å². The molecule has 0 saturated heterocycles. The van der Waals surface area contributed by atoms with Crippen LogP contribution in [0.25, 0.3) is 10.9 Å². The fourth-order valence-electron chi connectivity index (χ4n) is 2.63. The maximum absolute atomic E-state index is 12.3. The van der Waals surface area contributed by atoms with Crippen LogP contribution < -0.4 is 0 Å². The summed E-state index contributed by atoms with van der Waals surface area (Å²) in [6.07, 6.45) is 2.56. The number of aromatic amines is 1. The van der Waals surface area contributed by atoms with Crippen molar-refractivity contribution in [1.82, 2.24) is 4.98 Å². The van der Waals surface area contributed by atoms with Crippen LogP contribution in [-0.2, 0) is 0 Å². The summed E-state index contributed by atoms with van der Waals surface area (Å²) in [6, 6.07) is 17.7. The molecule has 0 spiro atoms. The van der Waals surface area contributed by atoms with Crippen LogP contribution in [0.4, 0.5) is 0 Å². The molecule has 0 aliphatic rings. The molecule has 2 nitrogen and oxygen atoms in total. The summed E-state index contributed by atoms with van der Waals surface area (Å²) < 4.78 is 0. The van der Waals surface area contributed by atoms with E-state index in [9.17, 15) is 4.79 Å². The second-order valence-corrected chi connectivity index (χ2v) is 5.18. The summed E-state index contributed by atoms with van der Waals surface area (Å²) in [6.45, 7) is 2.11. The molecule has 2 heteroatoms. The van der Waals surface area contributed by atoms with E-state index in [4.69, 9.17) is 0 Å². The molecule has 0 radical (unpaired) electrons. The average Bonchev–Trinajstić information content (AvgIpc) is 2.92. The van der Waals surface area contributed by atoms with E-state index in [1.807, 2.05) is 48.7 Å². The highest BCUT2D eigenvalue weighted by molar-refractivity contribution is 5.97. The molecule has 0 aliphatic heterocycles. The zero-order valence-electron chi connectivity index (χ0n) is 11.5. The number of hydrogen-bond acceptors (Lipinski definition) is 1. The summed E-state index contributed by atoms with van der Waals surface area (Å²) >= 11 is 0. The van der Waals surface area contributed by atoms with Crippen LogP contribution in [0.5, 0.6) is 0 Å². The van der Waals surface area contributed by atoms with Gasteiger partial charge in [-0.1, -0.05) is 55.5 Å². The minimum Gasteiger partial charge on any atom is -0.361 e. The van der Waals surface area contributed by atoms with E-state index < -0.39 is 0 Å². The van der Waals surface area contributed by atoms with Gasteiger partial charge in [-0.2, -0.15) is 0 Å². The van der Waals surface area contributed by atoms with Gasteiger partial charge in [-0.3, -0.25) is 4.79 Å². The molecule has 0 aliphatic carbocycles. The Hall–Kier alpha value is -2.35. The predicted molar refractivity (Wildman–Crippen MR) is 82.1 cm³/mol. The van der Waals surface area contributed by atoms with Crippen LogP contribution >= 0.6 is 0 Å². The summed E-state index contributed by atoms with van der Waals surface area (Å²) in [5, 5.41) is 1.21. The fraction of sp³-hybridized carbons (Fsp3) is 0.167. The third-order valence-corrected chi connectivity index (χ3v) is 3.74. The fourth-order valence-corrected chi connectivity index (χ4v) is 2.63. The minimum atomic E-state index is 0.198. The van der Waals surface area contributed by atoms with Gasteiger partial charge in [0.1, 0.15) is 0 Å². The smallest absolute Gasteiger partial charge is 0.163 e. The van der Waals surface area contributed by atoms with Gasteiger partial charge in [0.2, 0.25) is 0 Å². The van der Waals surface area contributed by atoms with E-state index in [2.05, 4.69) is 24.0 Å².